The molecule has 0 unspecified atom stereocenters. The molecule has 2 aromatic heterocycles. The maximum Gasteiger partial charge on any atom is 0.237 e. The molecule has 3 aromatic carbocycles. The highest BCUT2D eigenvalue weighted by Gasteiger charge is 2.28. The zero-order valence-corrected chi connectivity index (χ0v) is 23.9. The number of fused-ring (bicyclic) bond motifs is 2. The highest BCUT2D eigenvalue weighted by atomic mass is 16.5. The van der Waals surface area contributed by atoms with Gasteiger partial charge in [0.2, 0.25) is 5.95 Å². The fourth-order valence-corrected chi connectivity index (χ4v) is 5.75. The van der Waals surface area contributed by atoms with Gasteiger partial charge in [-0.25, -0.2) is 4.98 Å². The minimum absolute atomic E-state index is 0.0228. The first-order valence-corrected chi connectivity index (χ1v) is 14.0. The first kappa shape index (κ1) is 27.0. The van der Waals surface area contributed by atoms with Gasteiger partial charge in [0.25, 0.3) is 0 Å². The number of ether oxygens (including phenoxy) is 2. The summed E-state index contributed by atoms with van der Waals surface area (Å²) in [6.45, 7) is 3.02. The van der Waals surface area contributed by atoms with Crippen LogP contribution in [0.3, 0.4) is 0 Å². The Morgan fingerprint density at radius 2 is 1.79 bits per heavy atom. The van der Waals surface area contributed by atoms with Crippen LogP contribution in [0, 0.1) is 18.3 Å². The van der Waals surface area contributed by atoms with Crippen LogP contribution in [0.4, 0.5) is 5.82 Å². The Bertz CT molecular complexity index is 1840. The first-order valence-electron chi connectivity index (χ1n) is 14.0. The molecule has 0 fully saturated rings. The molecule has 2 heterocycles. The van der Waals surface area contributed by atoms with Gasteiger partial charge in [-0.2, -0.15) is 10.2 Å². The fourth-order valence-electron chi connectivity index (χ4n) is 5.75. The maximum absolute atomic E-state index is 13.3. The number of methoxy groups -OCH3 is 2. The van der Waals surface area contributed by atoms with Crippen LogP contribution in [0.5, 0.6) is 11.5 Å². The Morgan fingerprint density at radius 3 is 2.55 bits per heavy atom. The van der Waals surface area contributed by atoms with Crippen LogP contribution in [-0.2, 0) is 19.5 Å². The summed E-state index contributed by atoms with van der Waals surface area (Å²) in [5.74, 6) is 2.59. The zero-order chi connectivity index (χ0) is 29.2. The van der Waals surface area contributed by atoms with Gasteiger partial charge in [0.05, 0.1) is 31.4 Å². The van der Waals surface area contributed by atoms with E-state index in [0.29, 0.717) is 54.6 Å². The lowest BCUT2D eigenvalue weighted by atomic mass is 9.94. The second-order valence-corrected chi connectivity index (χ2v) is 10.4. The normalized spacial score (nSPS) is 12.6. The van der Waals surface area contributed by atoms with Crippen molar-refractivity contribution in [2.75, 3.05) is 19.1 Å². The van der Waals surface area contributed by atoms with E-state index in [4.69, 9.17) is 19.4 Å². The average molecular weight is 558 g/mol. The average Bonchev–Trinajstić information content (AvgIpc) is 3.37. The molecular weight excluding hydrogens is 526 g/mol. The van der Waals surface area contributed by atoms with Gasteiger partial charge in [-0.1, -0.05) is 36.4 Å². The number of aromatic nitrogens is 3. The molecule has 0 spiro atoms. The van der Waals surface area contributed by atoms with Crippen LogP contribution in [0.15, 0.2) is 72.8 Å². The number of hydrogen-bond acceptors (Lipinski definition) is 7. The molecule has 210 valence electrons. The van der Waals surface area contributed by atoms with E-state index in [1.54, 1.807) is 20.3 Å². The molecule has 1 aliphatic rings. The fraction of sp³-hybridized carbons (Fsp3) is 0.235. The summed E-state index contributed by atoms with van der Waals surface area (Å²) in [6.07, 6.45) is 1.92. The number of aryl methyl sites for hydroxylation is 1. The Balaban J connectivity index is 1.56. The number of Topliss-reactive ketones (excluding diaryl/α,β-unsaturated/α-hetero) is 1. The summed E-state index contributed by atoms with van der Waals surface area (Å²) >= 11 is 0. The molecule has 0 saturated heterocycles. The SMILES string of the molecule is COc1ccc(CN(Cc2ccccc2)c2nc(-n3c(C)cc4c(C#N)cccc43)nc3c2CCCC3=O)c(OC)c1. The Kier molecular flexibility index (Phi) is 7.32. The first-order chi connectivity index (χ1) is 20.5. The number of carbonyl (C=O) groups excluding carboxylic acids is 1. The number of anilines is 1. The number of rotatable bonds is 8. The van der Waals surface area contributed by atoms with Crippen LogP contribution in [0.2, 0.25) is 0 Å². The third-order valence-corrected chi connectivity index (χ3v) is 7.79. The Labute approximate surface area is 244 Å². The van der Waals surface area contributed by atoms with E-state index in [9.17, 15) is 10.1 Å². The van der Waals surface area contributed by atoms with Gasteiger partial charge in [-0.3, -0.25) is 9.36 Å². The Hall–Kier alpha value is -5.16. The predicted molar refractivity (Wildman–Crippen MR) is 161 cm³/mol. The van der Waals surface area contributed by atoms with Gasteiger partial charge in [0, 0.05) is 47.8 Å². The topological polar surface area (TPSA) is 93.3 Å². The molecule has 5 aromatic rings. The smallest absolute Gasteiger partial charge is 0.237 e. The molecule has 0 saturated carbocycles. The molecule has 0 radical (unpaired) electrons. The van der Waals surface area contributed by atoms with Gasteiger partial charge in [0.15, 0.2) is 5.78 Å². The monoisotopic (exact) mass is 557 g/mol. The zero-order valence-electron chi connectivity index (χ0n) is 23.9. The van der Waals surface area contributed by atoms with E-state index in [2.05, 4.69) is 23.1 Å². The van der Waals surface area contributed by atoms with Gasteiger partial charge < -0.3 is 14.4 Å². The van der Waals surface area contributed by atoms with E-state index in [1.807, 2.05) is 66.1 Å². The molecular formula is C34H31N5O3. The van der Waals surface area contributed by atoms with Gasteiger partial charge in [-0.15, -0.1) is 0 Å². The molecule has 42 heavy (non-hydrogen) atoms. The molecule has 0 amide bonds. The lowest BCUT2D eigenvalue weighted by molar-refractivity contribution is 0.0967. The van der Waals surface area contributed by atoms with Crippen molar-refractivity contribution in [1.29, 1.82) is 5.26 Å². The van der Waals surface area contributed by atoms with Crippen LogP contribution in [-0.4, -0.2) is 34.5 Å². The second-order valence-electron chi connectivity index (χ2n) is 10.4. The minimum atomic E-state index is 0.0228. The summed E-state index contributed by atoms with van der Waals surface area (Å²) in [5.41, 5.74) is 5.71. The van der Waals surface area contributed by atoms with Crippen molar-refractivity contribution in [2.24, 2.45) is 0 Å². The maximum atomic E-state index is 13.3. The van der Waals surface area contributed by atoms with E-state index < -0.39 is 0 Å². The van der Waals surface area contributed by atoms with E-state index in [0.717, 1.165) is 45.5 Å². The standard InChI is InChI=1S/C34H31N5O3/c1-22-17-28-24(19-35)11-7-13-29(28)39(22)34-36-32-27(12-8-14-30(32)40)33(37-34)38(20-23-9-5-4-6-10-23)21-25-15-16-26(41-2)18-31(25)42-3/h4-7,9-11,13,15-18H,8,12,14,20-21H2,1-3H3. The van der Waals surface area contributed by atoms with E-state index >= 15 is 0 Å². The Morgan fingerprint density at radius 1 is 0.952 bits per heavy atom. The third-order valence-electron chi connectivity index (χ3n) is 7.79. The minimum Gasteiger partial charge on any atom is -0.497 e. The lowest BCUT2D eigenvalue weighted by Crippen LogP contribution is -2.28. The molecule has 8 heteroatoms. The summed E-state index contributed by atoms with van der Waals surface area (Å²) in [7, 11) is 3.28. The van der Waals surface area contributed by atoms with Crippen molar-refractivity contribution in [1.82, 2.24) is 14.5 Å². The van der Waals surface area contributed by atoms with Crippen LogP contribution in [0.25, 0.3) is 16.9 Å². The molecule has 0 N–H and O–H groups in total. The highest BCUT2D eigenvalue weighted by Crippen LogP contribution is 2.34. The predicted octanol–water partition coefficient (Wildman–Crippen LogP) is 6.34. The van der Waals surface area contributed by atoms with Gasteiger partial charge in [-0.05, 0) is 55.7 Å². The molecule has 0 bridgehead atoms. The second kappa shape index (κ2) is 11.4. The van der Waals surface area contributed by atoms with Crippen molar-refractivity contribution in [2.45, 2.75) is 39.3 Å². The van der Waals surface area contributed by atoms with Crippen molar-refractivity contribution in [3.05, 3.63) is 106 Å². The number of nitriles is 1. The van der Waals surface area contributed by atoms with Crippen molar-refractivity contribution in [3.8, 4) is 23.5 Å². The summed E-state index contributed by atoms with van der Waals surface area (Å²) in [5, 5.41) is 10.5. The number of nitrogens with zero attached hydrogens (tertiary/aromatic N) is 5. The summed E-state index contributed by atoms with van der Waals surface area (Å²) in [6, 6.07) is 25.9. The molecule has 1 aliphatic carbocycles. The number of benzene rings is 3. The summed E-state index contributed by atoms with van der Waals surface area (Å²) < 4.78 is 13.1. The van der Waals surface area contributed by atoms with Crippen LogP contribution < -0.4 is 14.4 Å². The van der Waals surface area contributed by atoms with Crippen molar-refractivity contribution < 1.29 is 14.3 Å². The lowest BCUT2D eigenvalue weighted by Gasteiger charge is -2.29. The molecule has 6 rings (SSSR count). The third kappa shape index (κ3) is 4.94. The van der Waals surface area contributed by atoms with Crippen LogP contribution in [0.1, 0.15) is 51.3 Å². The number of carbonyl (C=O) groups is 1. The summed E-state index contributed by atoms with van der Waals surface area (Å²) in [4.78, 5) is 25.6. The van der Waals surface area contributed by atoms with E-state index in [-0.39, 0.29) is 5.78 Å². The number of ketones is 1. The quantitative estimate of drug-likeness (QED) is 0.220. The van der Waals surface area contributed by atoms with Crippen molar-refractivity contribution in [3.63, 3.8) is 0 Å². The van der Waals surface area contributed by atoms with Crippen LogP contribution >= 0.6 is 0 Å². The highest BCUT2D eigenvalue weighted by molar-refractivity contribution is 5.98. The van der Waals surface area contributed by atoms with Gasteiger partial charge >= 0.3 is 0 Å². The van der Waals surface area contributed by atoms with Gasteiger partial charge in [0.1, 0.15) is 23.0 Å². The van der Waals surface area contributed by atoms with E-state index in [1.165, 1.54) is 0 Å². The largest absolute Gasteiger partial charge is 0.497 e. The molecule has 8 nitrogen and oxygen atoms in total. The number of hydrogen-bond donors (Lipinski definition) is 0. The van der Waals surface area contributed by atoms with Crippen molar-refractivity contribution >= 4 is 22.5 Å². The molecule has 0 aliphatic heterocycles. The molecule has 0 atom stereocenters.